The topological polar surface area (TPSA) is 155 Å². The van der Waals surface area contributed by atoms with E-state index in [0.717, 1.165) is 16.5 Å². The number of amides is 2. The fraction of sp³-hybridized carbons (Fsp3) is 0.158. The fourth-order valence-corrected chi connectivity index (χ4v) is 6.56. The van der Waals surface area contributed by atoms with Crippen molar-refractivity contribution in [3.8, 4) is 17.2 Å². The molecule has 0 fully saturated rings. The summed E-state index contributed by atoms with van der Waals surface area (Å²) in [6, 6.07) is 22.4. The molecular weight excluding hydrogens is 690 g/mol. The lowest BCUT2D eigenvalue weighted by molar-refractivity contribution is -0.384. The summed E-state index contributed by atoms with van der Waals surface area (Å²) in [6.07, 6.45) is 2.19. The first-order chi connectivity index (χ1) is 25.1. The number of anilines is 2. The second kappa shape index (κ2) is 14.0. The molecule has 0 bridgehead atoms. The van der Waals surface area contributed by atoms with Crippen LogP contribution in [0.1, 0.15) is 44.8 Å². The number of hydrogen-bond acceptors (Lipinski definition) is 9. The highest BCUT2D eigenvalue weighted by Crippen LogP contribution is 2.47. The SMILES string of the molecule is CCOc1ccc(C(=O)Nc2ccc3nc(C(=O)N4C[C@@H](CCl)c5c4cc(OC(=O)Oc4ccc([N+](=O)[O-])cc4)c4cccc(C)c54)cn3c2)cc1. The summed E-state index contributed by atoms with van der Waals surface area (Å²) >= 11 is 6.49. The highest BCUT2D eigenvalue weighted by molar-refractivity contribution is 6.19. The summed E-state index contributed by atoms with van der Waals surface area (Å²) in [6.45, 7) is 4.59. The number of hydrogen-bond donors (Lipinski definition) is 1. The first kappa shape index (κ1) is 34.0. The van der Waals surface area contributed by atoms with Gasteiger partial charge in [0, 0.05) is 59.9 Å². The van der Waals surface area contributed by atoms with Gasteiger partial charge >= 0.3 is 6.16 Å². The standard InChI is InChI=1S/C38H30ClN5O8/c1-3-50-27-12-7-23(8-13-27)36(45)40-25-9-16-33-41-30(21-42(33)20-25)37(46)43-19-24(18-39)35-31(43)17-32(29-6-4-5-22(2)34(29)35)52-38(47)51-28-14-10-26(11-15-28)44(48)49/h4-17,20-21,24H,3,18-19H2,1-2H3,(H,40,45)/t24-/m1/s1. The van der Waals surface area contributed by atoms with Gasteiger partial charge in [0.05, 0.1) is 22.9 Å². The summed E-state index contributed by atoms with van der Waals surface area (Å²) in [5.41, 5.74) is 3.69. The van der Waals surface area contributed by atoms with Crippen LogP contribution in [0.3, 0.4) is 0 Å². The van der Waals surface area contributed by atoms with E-state index in [9.17, 15) is 24.5 Å². The maximum atomic E-state index is 14.2. The van der Waals surface area contributed by atoms with Gasteiger partial charge in [-0.25, -0.2) is 9.78 Å². The van der Waals surface area contributed by atoms with Crippen LogP contribution in [0.15, 0.2) is 97.3 Å². The van der Waals surface area contributed by atoms with Gasteiger partial charge in [0.25, 0.3) is 17.5 Å². The Morgan fingerprint density at radius 1 is 0.981 bits per heavy atom. The van der Waals surface area contributed by atoms with Crippen molar-refractivity contribution in [1.82, 2.24) is 9.38 Å². The number of pyridine rings is 1. The Balaban J connectivity index is 1.17. The average molecular weight is 720 g/mol. The first-order valence-corrected chi connectivity index (χ1v) is 16.8. The maximum Gasteiger partial charge on any atom is 0.519 e. The Bertz CT molecular complexity index is 2380. The first-order valence-electron chi connectivity index (χ1n) is 16.2. The number of imidazole rings is 1. The Hall–Kier alpha value is -6.47. The molecule has 0 saturated heterocycles. The van der Waals surface area contributed by atoms with E-state index in [2.05, 4.69) is 10.3 Å². The largest absolute Gasteiger partial charge is 0.519 e. The van der Waals surface area contributed by atoms with Crippen LogP contribution in [0.5, 0.6) is 17.2 Å². The number of benzene rings is 4. The van der Waals surface area contributed by atoms with E-state index >= 15 is 0 Å². The monoisotopic (exact) mass is 719 g/mol. The predicted molar refractivity (Wildman–Crippen MR) is 194 cm³/mol. The Morgan fingerprint density at radius 3 is 2.44 bits per heavy atom. The molecular formula is C38H30ClN5O8. The number of halogens is 1. The number of nitrogens with zero attached hydrogens (tertiary/aromatic N) is 4. The van der Waals surface area contributed by atoms with Crippen molar-refractivity contribution in [3.05, 3.63) is 130 Å². The van der Waals surface area contributed by atoms with Gasteiger partial charge in [-0.05, 0) is 78.9 Å². The number of nitro benzene ring substituents is 1. The van der Waals surface area contributed by atoms with E-state index in [1.165, 1.54) is 24.3 Å². The number of carbonyl (C=O) groups excluding carboxylic acids is 3. The van der Waals surface area contributed by atoms with E-state index in [0.29, 0.717) is 40.3 Å². The van der Waals surface area contributed by atoms with Gasteiger partial charge in [-0.15, -0.1) is 11.6 Å². The number of carbonyl (C=O) groups is 3. The van der Waals surface area contributed by atoms with Crippen molar-refractivity contribution in [2.75, 3.05) is 29.2 Å². The molecule has 6 aromatic rings. The van der Waals surface area contributed by atoms with E-state index in [-0.39, 0.29) is 47.1 Å². The van der Waals surface area contributed by atoms with Crippen molar-refractivity contribution >= 4 is 63.1 Å². The van der Waals surface area contributed by atoms with Crippen LogP contribution < -0.4 is 24.4 Å². The van der Waals surface area contributed by atoms with Crippen molar-refractivity contribution in [3.63, 3.8) is 0 Å². The van der Waals surface area contributed by atoms with Crippen molar-refractivity contribution < 1.29 is 33.5 Å². The lowest BCUT2D eigenvalue weighted by Gasteiger charge is -2.19. The summed E-state index contributed by atoms with van der Waals surface area (Å²) in [5.74, 6) is 0.171. The van der Waals surface area contributed by atoms with Crippen LogP contribution in [-0.4, -0.2) is 51.3 Å². The smallest absolute Gasteiger partial charge is 0.494 e. The molecule has 0 radical (unpaired) electrons. The number of rotatable bonds is 9. The molecule has 0 unspecified atom stereocenters. The van der Waals surface area contributed by atoms with Gasteiger partial charge in [0.1, 0.15) is 28.6 Å². The average Bonchev–Trinajstić information content (AvgIpc) is 3.73. The number of ether oxygens (including phenoxy) is 3. The molecule has 0 aliphatic carbocycles. The van der Waals surface area contributed by atoms with Gasteiger partial charge in [0.2, 0.25) is 0 Å². The minimum absolute atomic E-state index is 0.0574. The summed E-state index contributed by atoms with van der Waals surface area (Å²) in [7, 11) is 0. The normalized spacial score (nSPS) is 13.5. The van der Waals surface area contributed by atoms with E-state index in [4.69, 9.17) is 25.8 Å². The quantitative estimate of drug-likeness (QED) is 0.0516. The van der Waals surface area contributed by atoms with Crippen molar-refractivity contribution in [2.24, 2.45) is 0 Å². The highest BCUT2D eigenvalue weighted by Gasteiger charge is 2.36. The molecule has 2 aromatic heterocycles. The molecule has 0 spiro atoms. The Labute approximate surface area is 301 Å². The number of non-ortho nitro benzene ring substituents is 1. The van der Waals surface area contributed by atoms with Crippen LogP contribution in [0.4, 0.5) is 21.9 Å². The molecule has 13 nitrogen and oxygen atoms in total. The van der Waals surface area contributed by atoms with Crippen LogP contribution in [-0.2, 0) is 0 Å². The molecule has 14 heteroatoms. The number of aromatic nitrogens is 2. The molecule has 262 valence electrons. The lowest BCUT2D eigenvalue weighted by atomic mass is 9.92. The minimum Gasteiger partial charge on any atom is -0.494 e. The molecule has 52 heavy (non-hydrogen) atoms. The van der Waals surface area contributed by atoms with E-state index in [1.54, 1.807) is 70.2 Å². The van der Waals surface area contributed by atoms with Crippen LogP contribution >= 0.6 is 11.6 Å². The third-order valence-corrected chi connectivity index (χ3v) is 9.05. The van der Waals surface area contributed by atoms with Crippen LogP contribution in [0.2, 0.25) is 0 Å². The minimum atomic E-state index is -1.06. The molecule has 1 aliphatic rings. The second-order valence-corrected chi connectivity index (χ2v) is 12.3. The Kier molecular flexibility index (Phi) is 9.18. The third-order valence-electron chi connectivity index (χ3n) is 8.68. The predicted octanol–water partition coefficient (Wildman–Crippen LogP) is 7.92. The summed E-state index contributed by atoms with van der Waals surface area (Å²) in [4.78, 5) is 56.6. The van der Waals surface area contributed by atoms with E-state index < -0.39 is 17.0 Å². The molecule has 1 N–H and O–H groups in total. The van der Waals surface area contributed by atoms with Gasteiger partial charge in [0.15, 0.2) is 0 Å². The number of fused-ring (bicyclic) bond motifs is 4. The number of nitrogens with one attached hydrogen (secondary N) is 1. The van der Waals surface area contributed by atoms with Gasteiger partial charge in [-0.2, -0.15) is 0 Å². The number of nitro groups is 1. The molecule has 1 atom stereocenters. The number of aryl methyl sites for hydroxylation is 1. The summed E-state index contributed by atoms with van der Waals surface area (Å²) in [5, 5.41) is 15.3. The Morgan fingerprint density at radius 2 is 1.73 bits per heavy atom. The van der Waals surface area contributed by atoms with Gasteiger partial charge in [-0.3, -0.25) is 19.7 Å². The van der Waals surface area contributed by atoms with Crippen molar-refractivity contribution in [1.29, 1.82) is 0 Å². The van der Waals surface area contributed by atoms with Crippen molar-refractivity contribution in [2.45, 2.75) is 19.8 Å². The highest BCUT2D eigenvalue weighted by atomic mass is 35.5. The fourth-order valence-electron chi connectivity index (χ4n) is 6.31. The van der Waals surface area contributed by atoms with Gasteiger partial charge < -0.3 is 28.8 Å². The molecule has 3 heterocycles. The second-order valence-electron chi connectivity index (χ2n) is 12.0. The van der Waals surface area contributed by atoms with Crippen LogP contribution in [0, 0.1) is 17.0 Å². The molecule has 2 amide bonds. The van der Waals surface area contributed by atoms with Crippen LogP contribution in [0.25, 0.3) is 16.4 Å². The maximum absolute atomic E-state index is 14.2. The molecule has 7 rings (SSSR count). The third kappa shape index (κ3) is 6.56. The molecule has 1 aliphatic heterocycles. The molecule has 0 saturated carbocycles. The zero-order valence-electron chi connectivity index (χ0n) is 27.9. The number of alkyl halides is 1. The molecule has 4 aromatic carbocycles. The van der Waals surface area contributed by atoms with E-state index in [1.807, 2.05) is 26.0 Å². The summed E-state index contributed by atoms with van der Waals surface area (Å²) < 4.78 is 18.1. The zero-order chi connectivity index (χ0) is 36.5. The lowest BCUT2D eigenvalue weighted by Crippen LogP contribution is -2.30. The zero-order valence-corrected chi connectivity index (χ0v) is 28.6. The van der Waals surface area contributed by atoms with Gasteiger partial charge in [-0.1, -0.05) is 18.2 Å².